The van der Waals surface area contributed by atoms with Crippen molar-refractivity contribution in [2.75, 3.05) is 20.1 Å². The van der Waals surface area contributed by atoms with E-state index in [-0.39, 0.29) is 23.0 Å². The van der Waals surface area contributed by atoms with E-state index in [1.165, 1.54) is 12.1 Å². The van der Waals surface area contributed by atoms with E-state index in [1.807, 2.05) is 11.8 Å². The molecule has 170 valence electrons. The molecule has 6 nitrogen and oxygen atoms in total. The number of likely N-dealkylation sites (tertiary alicyclic amines) is 1. The van der Waals surface area contributed by atoms with Crippen molar-refractivity contribution in [3.63, 3.8) is 0 Å². The van der Waals surface area contributed by atoms with Crippen molar-refractivity contribution in [3.05, 3.63) is 58.9 Å². The van der Waals surface area contributed by atoms with Crippen LogP contribution in [0.15, 0.2) is 30.3 Å². The first kappa shape index (κ1) is 22.4. The summed E-state index contributed by atoms with van der Waals surface area (Å²) < 4.78 is 13.5. The first-order chi connectivity index (χ1) is 15.3. The van der Waals surface area contributed by atoms with Crippen molar-refractivity contribution in [1.82, 2.24) is 20.2 Å². The van der Waals surface area contributed by atoms with E-state index in [4.69, 9.17) is 0 Å². The zero-order valence-corrected chi connectivity index (χ0v) is 19.1. The summed E-state index contributed by atoms with van der Waals surface area (Å²) in [5.74, 6) is 0.310. The molecule has 1 aliphatic heterocycles. The van der Waals surface area contributed by atoms with E-state index in [0.717, 1.165) is 49.8 Å². The second kappa shape index (κ2) is 8.60. The lowest BCUT2D eigenvalue weighted by atomic mass is 9.75. The second-order valence-corrected chi connectivity index (χ2v) is 9.45. The van der Waals surface area contributed by atoms with Gasteiger partial charge in [-0.15, -0.1) is 0 Å². The number of aryl methyl sites for hydroxylation is 1. The van der Waals surface area contributed by atoms with Crippen molar-refractivity contribution < 1.29 is 14.0 Å². The molecular weight excluding hydrogens is 407 g/mol. The molecule has 1 aromatic carbocycles. The van der Waals surface area contributed by atoms with Gasteiger partial charge < -0.3 is 10.2 Å². The van der Waals surface area contributed by atoms with Gasteiger partial charge in [-0.05, 0) is 56.4 Å². The first-order valence-corrected chi connectivity index (χ1v) is 11.4. The minimum Gasteiger partial charge on any atom is -0.354 e. The molecule has 2 amide bonds. The largest absolute Gasteiger partial charge is 0.354 e. The van der Waals surface area contributed by atoms with Crippen LogP contribution in [0.25, 0.3) is 0 Å². The molecule has 1 N–H and O–H groups in total. The van der Waals surface area contributed by atoms with E-state index in [2.05, 4.69) is 22.2 Å². The first-order valence-electron chi connectivity index (χ1n) is 11.4. The van der Waals surface area contributed by atoms with Gasteiger partial charge in [0.15, 0.2) is 0 Å². The Morgan fingerprint density at radius 3 is 2.25 bits per heavy atom. The zero-order valence-electron chi connectivity index (χ0n) is 19.1. The summed E-state index contributed by atoms with van der Waals surface area (Å²) in [5.41, 5.74) is 1.20. The Balaban J connectivity index is 1.54. The van der Waals surface area contributed by atoms with Crippen LogP contribution in [0, 0.1) is 12.7 Å². The Morgan fingerprint density at radius 2 is 1.66 bits per heavy atom. The van der Waals surface area contributed by atoms with Crippen LogP contribution < -0.4 is 5.32 Å². The molecular formula is C25H31FN4O2. The fourth-order valence-electron chi connectivity index (χ4n) is 5.19. The van der Waals surface area contributed by atoms with E-state index in [9.17, 15) is 14.0 Å². The summed E-state index contributed by atoms with van der Waals surface area (Å²) in [7, 11) is 1.59. The minimum atomic E-state index is -0.548. The van der Waals surface area contributed by atoms with Gasteiger partial charge in [0, 0.05) is 31.2 Å². The summed E-state index contributed by atoms with van der Waals surface area (Å²) in [6.07, 6.45) is 5.09. The van der Waals surface area contributed by atoms with Gasteiger partial charge in [-0.3, -0.25) is 9.59 Å². The summed E-state index contributed by atoms with van der Waals surface area (Å²) in [4.78, 5) is 37.0. The molecule has 1 aromatic heterocycles. The van der Waals surface area contributed by atoms with Crippen LogP contribution in [0.3, 0.4) is 0 Å². The van der Waals surface area contributed by atoms with Crippen LogP contribution >= 0.6 is 0 Å². The Kier molecular flexibility index (Phi) is 6.01. The Labute approximate surface area is 188 Å². The van der Waals surface area contributed by atoms with Crippen LogP contribution in [0.4, 0.5) is 4.39 Å². The van der Waals surface area contributed by atoms with Gasteiger partial charge >= 0.3 is 0 Å². The van der Waals surface area contributed by atoms with Crippen molar-refractivity contribution >= 4 is 11.8 Å². The number of nitrogens with zero attached hydrogens (tertiary/aromatic N) is 3. The maximum absolute atomic E-state index is 13.7. The van der Waals surface area contributed by atoms with Gasteiger partial charge in [-0.25, -0.2) is 14.4 Å². The van der Waals surface area contributed by atoms with Crippen LogP contribution in [0.1, 0.15) is 73.0 Å². The highest BCUT2D eigenvalue weighted by atomic mass is 19.1. The quantitative estimate of drug-likeness (QED) is 0.790. The summed E-state index contributed by atoms with van der Waals surface area (Å²) in [5, 5.41) is 2.62. The normalized spacial score (nSPS) is 19.6. The lowest BCUT2D eigenvalue weighted by Crippen LogP contribution is -2.51. The molecule has 1 saturated heterocycles. The topological polar surface area (TPSA) is 75.2 Å². The highest BCUT2D eigenvalue weighted by Crippen LogP contribution is 2.44. The number of hydrogen-bond donors (Lipinski definition) is 1. The number of carbonyl (C=O) groups is 2. The molecule has 4 rings (SSSR count). The summed E-state index contributed by atoms with van der Waals surface area (Å²) in [6, 6.07) is 8.14. The Bertz CT molecular complexity index is 1010. The third kappa shape index (κ3) is 4.00. The Hall–Kier alpha value is -2.83. The van der Waals surface area contributed by atoms with Crippen LogP contribution in [-0.2, 0) is 15.6 Å². The average Bonchev–Trinajstić information content (AvgIpc) is 3.30. The van der Waals surface area contributed by atoms with Crippen molar-refractivity contribution in [2.45, 2.75) is 63.2 Å². The van der Waals surface area contributed by atoms with Crippen molar-refractivity contribution in [2.24, 2.45) is 0 Å². The SMILES string of the molecule is CNC(=O)c1cc(C)nc(C2(C)CCN(C(=O)C3(c4ccc(F)cc4)CCCC3)CC2)n1. The molecule has 2 fully saturated rings. The summed E-state index contributed by atoms with van der Waals surface area (Å²) in [6.45, 7) is 5.21. The minimum absolute atomic E-state index is 0.153. The third-order valence-electron chi connectivity index (χ3n) is 7.27. The van der Waals surface area contributed by atoms with Gasteiger partial charge in [0.1, 0.15) is 17.3 Å². The predicted molar refractivity (Wildman–Crippen MR) is 120 cm³/mol. The number of rotatable bonds is 4. The molecule has 0 unspecified atom stereocenters. The lowest BCUT2D eigenvalue weighted by molar-refractivity contribution is -0.139. The van der Waals surface area contributed by atoms with E-state index >= 15 is 0 Å². The van der Waals surface area contributed by atoms with E-state index in [1.54, 1.807) is 25.2 Å². The number of halogens is 1. The molecule has 0 atom stereocenters. The highest BCUT2D eigenvalue weighted by Gasteiger charge is 2.47. The molecule has 0 bridgehead atoms. The number of aromatic nitrogens is 2. The molecule has 0 spiro atoms. The van der Waals surface area contributed by atoms with Gasteiger partial charge in [-0.1, -0.05) is 31.9 Å². The van der Waals surface area contributed by atoms with Crippen molar-refractivity contribution in [3.8, 4) is 0 Å². The number of nitrogens with one attached hydrogen (secondary N) is 1. The maximum atomic E-state index is 13.7. The average molecular weight is 439 g/mol. The number of hydrogen-bond acceptors (Lipinski definition) is 4. The van der Waals surface area contributed by atoms with Gasteiger partial charge in [0.2, 0.25) is 5.91 Å². The zero-order chi connectivity index (χ0) is 22.9. The molecule has 2 aliphatic rings. The third-order valence-corrected chi connectivity index (χ3v) is 7.27. The molecule has 2 heterocycles. The van der Waals surface area contributed by atoms with E-state index < -0.39 is 5.41 Å². The fraction of sp³-hybridized carbons (Fsp3) is 0.520. The molecule has 2 aromatic rings. The number of piperidine rings is 1. The predicted octanol–water partition coefficient (Wildman–Crippen LogP) is 3.68. The monoisotopic (exact) mass is 438 g/mol. The van der Waals surface area contributed by atoms with Crippen LogP contribution in [0.5, 0.6) is 0 Å². The van der Waals surface area contributed by atoms with Crippen LogP contribution in [0.2, 0.25) is 0 Å². The highest BCUT2D eigenvalue weighted by molar-refractivity contribution is 5.92. The lowest BCUT2D eigenvalue weighted by Gasteiger charge is -2.42. The summed E-state index contributed by atoms with van der Waals surface area (Å²) >= 11 is 0. The van der Waals surface area contributed by atoms with Gasteiger partial charge in [0.05, 0.1) is 5.41 Å². The number of benzene rings is 1. The standard InChI is InChI=1S/C25H31FN4O2/c1-17-16-20(21(31)27-3)29-22(28-17)24(2)12-14-30(15-13-24)23(32)25(10-4-5-11-25)18-6-8-19(26)9-7-18/h6-9,16H,4-5,10-15H2,1-3H3,(H,27,31). The second-order valence-electron chi connectivity index (χ2n) is 9.45. The number of carbonyl (C=O) groups excluding carboxylic acids is 2. The Morgan fingerprint density at radius 1 is 1.03 bits per heavy atom. The van der Waals surface area contributed by atoms with Crippen molar-refractivity contribution in [1.29, 1.82) is 0 Å². The molecule has 1 aliphatic carbocycles. The molecule has 0 radical (unpaired) electrons. The van der Waals surface area contributed by atoms with Crippen LogP contribution in [-0.4, -0.2) is 46.8 Å². The number of amides is 2. The maximum Gasteiger partial charge on any atom is 0.269 e. The fourth-order valence-corrected chi connectivity index (χ4v) is 5.19. The smallest absolute Gasteiger partial charge is 0.269 e. The van der Waals surface area contributed by atoms with Gasteiger partial charge in [-0.2, -0.15) is 0 Å². The molecule has 7 heteroatoms. The molecule has 1 saturated carbocycles. The van der Waals surface area contributed by atoms with E-state index in [0.29, 0.717) is 24.6 Å². The van der Waals surface area contributed by atoms with Gasteiger partial charge in [0.25, 0.3) is 5.91 Å². The molecule has 32 heavy (non-hydrogen) atoms.